The molecule has 0 unspecified atom stereocenters. The summed E-state index contributed by atoms with van der Waals surface area (Å²) >= 11 is 0.817. The number of nitrogens with zero attached hydrogens (tertiary/aromatic N) is 3. The Morgan fingerprint density at radius 2 is 2.00 bits per heavy atom. The number of aromatic nitrogens is 1. The number of rotatable bonds is 8. The molecule has 0 aliphatic rings. The van der Waals surface area contributed by atoms with Crippen molar-refractivity contribution in [3.63, 3.8) is 0 Å². The van der Waals surface area contributed by atoms with E-state index >= 15 is 0 Å². The van der Waals surface area contributed by atoms with E-state index in [0.717, 1.165) is 11.8 Å². The van der Waals surface area contributed by atoms with E-state index in [2.05, 4.69) is 4.98 Å². The molecule has 0 aliphatic heterocycles. The Labute approximate surface area is 181 Å². The topological polar surface area (TPSA) is 99.2 Å². The van der Waals surface area contributed by atoms with E-state index in [9.17, 15) is 28.0 Å². The molecule has 1 N–H and O–H groups in total. The van der Waals surface area contributed by atoms with E-state index in [1.54, 1.807) is 29.3 Å². The van der Waals surface area contributed by atoms with Gasteiger partial charge >= 0.3 is 6.18 Å². The quantitative estimate of drug-likeness (QED) is 0.610. The number of hydrogen-bond donors (Lipinski definition) is 1. The van der Waals surface area contributed by atoms with Gasteiger partial charge in [-0.25, -0.2) is 4.98 Å². The van der Waals surface area contributed by atoms with Crippen molar-refractivity contribution in [3.8, 4) is 17.4 Å². The van der Waals surface area contributed by atoms with Crippen LogP contribution in [-0.2, 0) is 4.79 Å². The molecule has 2 aromatic rings. The largest absolute Gasteiger partial charge is 0.464 e. The molecule has 31 heavy (non-hydrogen) atoms. The lowest BCUT2D eigenvalue weighted by molar-refractivity contribution is -0.136. The summed E-state index contributed by atoms with van der Waals surface area (Å²) in [5.41, 5.74) is 0.793. The molecule has 2 rings (SSSR count). The monoisotopic (exact) mass is 454 g/mol. The van der Waals surface area contributed by atoms with Crippen LogP contribution in [0.15, 0.2) is 27.8 Å². The van der Waals surface area contributed by atoms with Gasteiger partial charge in [-0.2, -0.15) is 18.4 Å². The number of alkyl halides is 3. The van der Waals surface area contributed by atoms with Crippen LogP contribution in [0, 0.1) is 18.3 Å². The fourth-order valence-corrected chi connectivity index (χ4v) is 3.73. The lowest BCUT2D eigenvalue weighted by atomic mass is 9.98. The molecule has 0 aliphatic carbocycles. The molecule has 0 fully saturated rings. The van der Waals surface area contributed by atoms with Crippen LogP contribution in [0.25, 0.3) is 11.3 Å². The molecule has 0 atom stereocenters. The molecule has 0 saturated heterocycles. The highest BCUT2D eigenvalue weighted by molar-refractivity contribution is 8.00. The fourth-order valence-electron chi connectivity index (χ4n) is 2.87. The van der Waals surface area contributed by atoms with Crippen molar-refractivity contribution in [2.45, 2.75) is 32.0 Å². The third-order valence-corrected chi connectivity index (χ3v) is 5.29. The first kappa shape index (κ1) is 24.3. The van der Waals surface area contributed by atoms with E-state index < -0.39 is 18.6 Å². The highest BCUT2D eigenvalue weighted by Gasteiger charge is 2.29. The Kier molecular flexibility index (Phi) is 8.10. The Morgan fingerprint density at radius 3 is 2.52 bits per heavy atom. The van der Waals surface area contributed by atoms with E-state index in [1.807, 2.05) is 19.9 Å². The lowest BCUT2D eigenvalue weighted by Crippen LogP contribution is -2.34. The van der Waals surface area contributed by atoms with Crippen LogP contribution in [0.5, 0.6) is 0 Å². The summed E-state index contributed by atoms with van der Waals surface area (Å²) in [4.78, 5) is 30.8. The molecule has 2 heterocycles. The molecule has 0 bridgehead atoms. The number of halogens is 3. The fraction of sp³-hybridized carbons (Fsp3) is 0.400. The maximum absolute atomic E-state index is 13.1. The second-order valence-corrected chi connectivity index (χ2v) is 7.34. The summed E-state index contributed by atoms with van der Waals surface area (Å²) < 4.78 is 42.3. The van der Waals surface area contributed by atoms with Gasteiger partial charge in [0.1, 0.15) is 23.4 Å². The Bertz CT molecular complexity index is 981. The number of carbonyl (C=O) groups excluding carboxylic acids is 2. The Hall–Kier alpha value is -3.00. The van der Waals surface area contributed by atoms with Gasteiger partial charge in [0.2, 0.25) is 5.91 Å². The maximum atomic E-state index is 13.1. The van der Waals surface area contributed by atoms with Crippen molar-refractivity contribution < 1.29 is 27.2 Å². The number of hydrogen-bond acceptors (Lipinski definition) is 6. The van der Waals surface area contributed by atoms with E-state index in [0.29, 0.717) is 18.8 Å². The summed E-state index contributed by atoms with van der Waals surface area (Å²) in [6, 6.07) is 5.21. The minimum atomic E-state index is -4.52. The molecule has 166 valence electrons. The summed E-state index contributed by atoms with van der Waals surface area (Å²) in [5.74, 6) is -1.27. The van der Waals surface area contributed by atoms with Crippen LogP contribution in [0.3, 0.4) is 0 Å². The molecule has 0 saturated carbocycles. The number of pyridine rings is 1. The van der Waals surface area contributed by atoms with Crippen LogP contribution >= 0.6 is 11.8 Å². The number of nitrogens with one attached hydrogen (secondary N) is 1. The number of carbonyl (C=O) groups is 2. The van der Waals surface area contributed by atoms with Crippen LogP contribution in [0.4, 0.5) is 13.2 Å². The third kappa shape index (κ3) is 6.01. The Morgan fingerprint density at radius 1 is 1.32 bits per heavy atom. The molecule has 0 spiro atoms. The molecule has 2 amide bonds. The number of aryl methyl sites for hydroxylation is 1. The van der Waals surface area contributed by atoms with Crippen LogP contribution in [0.1, 0.15) is 35.5 Å². The summed E-state index contributed by atoms with van der Waals surface area (Å²) in [6.07, 6.45) is -3.12. The Balaban J connectivity index is 2.47. The molecule has 7 nitrogen and oxygen atoms in total. The number of furan rings is 1. The van der Waals surface area contributed by atoms with Gasteiger partial charge in [0.05, 0.1) is 34.4 Å². The second kappa shape index (κ2) is 10.3. The lowest BCUT2D eigenvalue weighted by Gasteiger charge is -2.22. The smallest absolute Gasteiger partial charge is 0.405 e. The zero-order valence-corrected chi connectivity index (χ0v) is 18.0. The molecular weight excluding hydrogens is 433 g/mol. The van der Waals surface area contributed by atoms with Gasteiger partial charge < -0.3 is 14.6 Å². The van der Waals surface area contributed by atoms with E-state index in [4.69, 9.17) is 4.42 Å². The molecule has 11 heteroatoms. The van der Waals surface area contributed by atoms with Gasteiger partial charge in [-0.05, 0) is 32.9 Å². The molecular formula is C20H21F3N4O3S. The van der Waals surface area contributed by atoms with Crippen LogP contribution in [0.2, 0.25) is 0 Å². The minimum Gasteiger partial charge on any atom is -0.464 e. The third-order valence-electron chi connectivity index (χ3n) is 4.31. The normalized spacial score (nSPS) is 11.1. The van der Waals surface area contributed by atoms with Crippen molar-refractivity contribution in [3.05, 3.63) is 35.2 Å². The average Bonchev–Trinajstić information content (AvgIpc) is 3.24. The van der Waals surface area contributed by atoms with Crippen LogP contribution in [-0.4, -0.2) is 53.3 Å². The SMILES string of the molecule is CCN(CC)C(=O)c1c(C)nc(SCC(=O)NCC(F)(F)F)c(C#N)c1-c1ccco1. The van der Waals surface area contributed by atoms with Crippen molar-refractivity contribution in [1.29, 1.82) is 5.26 Å². The number of amides is 2. The predicted molar refractivity (Wildman–Crippen MR) is 108 cm³/mol. The van der Waals surface area contributed by atoms with Gasteiger partial charge in [0, 0.05) is 13.1 Å². The first-order chi connectivity index (χ1) is 14.6. The summed E-state index contributed by atoms with van der Waals surface area (Å²) in [5, 5.41) is 11.7. The molecule has 0 aromatic carbocycles. The first-order valence-corrected chi connectivity index (χ1v) is 10.4. The average molecular weight is 454 g/mol. The van der Waals surface area contributed by atoms with Gasteiger partial charge in [0.15, 0.2) is 0 Å². The predicted octanol–water partition coefficient (Wildman–Crippen LogP) is 3.77. The number of nitriles is 1. The standard InChI is InChI=1S/C20H21F3N4O3S/c1-4-27(5-2)19(29)16-12(3)26-18(31-10-15(28)25-11-20(21,22)23)13(9-24)17(16)14-7-6-8-30-14/h6-8H,4-5,10-11H2,1-3H3,(H,25,28). The van der Waals surface area contributed by atoms with Gasteiger partial charge in [-0.15, -0.1) is 0 Å². The maximum Gasteiger partial charge on any atom is 0.405 e. The van der Waals surface area contributed by atoms with Crippen molar-refractivity contribution in [2.24, 2.45) is 0 Å². The van der Waals surface area contributed by atoms with Gasteiger partial charge in [-0.1, -0.05) is 11.8 Å². The van der Waals surface area contributed by atoms with Gasteiger partial charge in [-0.3, -0.25) is 9.59 Å². The van der Waals surface area contributed by atoms with Crippen molar-refractivity contribution in [1.82, 2.24) is 15.2 Å². The van der Waals surface area contributed by atoms with Crippen molar-refractivity contribution in [2.75, 3.05) is 25.4 Å². The minimum absolute atomic E-state index is 0.0182. The molecule has 0 radical (unpaired) electrons. The number of thioether (sulfide) groups is 1. The van der Waals surface area contributed by atoms with E-state index in [-0.39, 0.29) is 39.1 Å². The first-order valence-electron chi connectivity index (χ1n) is 9.36. The van der Waals surface area contributed by atoms with E-state index in [1.165, 1.54) is 6.26 Å². The zero-order valence-electron chi connectivity index (χ0n) is 17.2. The zero-order chi connectivity index (χ0) is 23.2. The highest BCUT2D eigenvalue weighted by atomic mass is 32.2. The molecule has 2 aromatic heterocycles. The van der Waals surface area contributed by atoms with Crippen LogP contribution < -0.4 is 5.32 Å². The highest BCUT2D eigenvalue weighted by Crippen LogP contribution is 2.35. The van der Waals surface area contributed by atoms with Crippen molar-refractivity contribution >= 4 is 23.6 Å². The summed E-state index contributed by atoms with van der Waals surface area (Å²) in [7, 11) is 0. The summed E-state index contributed by atoms with van der Waals surface area (Å²) in [6.45, 7) is 4.70. The second-order valence-electron chi connectivity index (χ2n) is 6.37. The van der Waals surface area contributed by atoms with Gasteiger partial charge in [0.25, 0.3) is 5.91 Å².